The molecule has 0 radical (unpaired) electrons. The molecule has 2 rings (SSSR count). The topological polar surface area (TPSA) is 58.2 Å². The number of carbonyl (C=O) groups excluding carboxylic acids is 2. The molecule has 4 nitrogen and oxygen atoms in total. The van der Waals surface area contributed by atoms with Gasteiger partial charge in [0.15, 0.2) is 0 Å². The van der Waals surface area contributed by atoms with Crippen LogP contribution in [0.4, 0.5) is 0 Å². The number of rotatable bonds is 6. The van der Waals surface area contributed by atoms with Crippen LogP contribution in [-0.2, 0) is 4.79 Å². The van der Waals surface area contributed by atoms with Crippen LogP contribution in [-0.4, -0.2) is 24.9 Å². The van der Waals surface area contributed by atoms with Gasteiger partial charge in [-0.1, -0.05) is 48.0 Å². The number of amides is 2. The smallest absolute Gasteiger partial charge is 0.251 e. The van der Waals surface area contributed by atoms with Gasteiger partial charge < -0.3 is 10.6 Å². The molecule has 0 aliphatic carbocycles. The Balaban J connectivity index is 1.70. The first-order valence-electron chi connectivity index (χ1n) is 7.51. The van der Waals surface area contributed by atoms with Crippen molar-refractivity contribution in [3.05, 3.63) is 77.4 Å². The molecule has 0 saturated heterocycles. The third-order valence-electron chi connectivity index (χ3n) is 3.22. The van der Waals surface area contributed by atoms with Crippen molar-refractivity contribution in [3.63, 3.8) is 0 Å². The molecular formula is C19H20N2O2. The highest BCUT2D eigenvalue weighted by atomic mass is 16.2. The molecule has 0 atom stereocenters. The van der Waals surface area contributed by atoms with Crippen LogP contribution in [0.15, 0.2) is 60.7 Å². The van der Waals surface area contributed by atoms with Crippen LogP contribution in [0.1, 0.15) is 21.5 Å². The minimum atomic E-state index is -0.182. The van der Waals surface area contributed by atoms with Gasteiger partial charge in [-0.3, -0.25) is 9.59 Å². The molecule has 0 spiro atoms. The summed E-state index contributed by atoms with van der Waals surface area (Å²) >= 11 is 0. The number of nitrogens with one attached hydrogen (secondary N) is 2. The fraction of sp³-hybridized carbons (Fsp3) is 0.158. The van der Waals surface area contributed by atoms with Crippen LogP contribution in [0.25, 0.3) is 6.08 Å². The molecule has 2 aromatic carbocycles. The third-order valence-corrected chi connectivity index (χ3v) is 3.22. The first-order valence-corrected chi connectivity index (χ1v) is 7.51. The summed E-state index contributed by atoms with van der Waals surface area (Å²) < 4.78 is 0. The summed E-state index contributed by atoms with van der Waals surface area (Å²) in [7, 11) is 0. The zero-order valence-electron chi connectivity index (χ0n) is 13.1. The SMILES string of the molecule is Cc1cccc(C(=O)NCCNC(=O)/C=C/c2ccccc2)c1. The van der Waals surface area contributed by atoms with Crippen molar-refractivity contribution >= 4 is 17.9 Å². The van der Waals surface area contributed by atoms with E-state index < -0.39 is 0 Å². The van der Waals surface area contributed by atoms with Gasteiger partial charge in [0.25, 0.3) is 5.91 Å². The fourth-order valence-electron chi connectivity index (χ4n) is 2.05. The lowest BCUT2D eigenvalue weighted by Gasteiger charge is -2.06. The van der Waals surface area contributed by atoms with Crippen LogP contribution >= 0.6 is 0 Å². The van der Waals surface area contributed by atoms with E-state index in [4.69, 9.17) is 0 Å². The summed E-state index contributed by atoms with van der Waals surface area (Å²) in [4.78, 5) is 23.6. The molecule has 0 fully saturated rings. The van der Waals surface area contributed by atoms with Crippen LogP contribution in [0.2, 0.25) is 0 Å². The second-order valence-corrected chi connectivity index (χ2v) is 5.16. The van der Waals surface area contributed by atoms with E-state index in [1.54, 1.807) is 12.1 Å². The van der Waals surface area contributed by atoms with Crippen molar-refractivity contribution in [1.29, 1.82) is 0 Å². The molecular weight excluding hydrogens is 288 g/mol. The predicted molar refractivity (Wildman–Crippen MR) is 92.0 cm³/mol. The highest BCUT2D eigenvalue weighted by Gasteiger charge is 2.04. The second kappa shape index (κ2) is 8.54. The summed E-state index contributed by atoms with van der Waals surface area (Å²) in [5.41, 5.74) is 2.63. The van der Waals surface area contributed by atoms with E-state index in [1.807, 2.05) is 55.5 Å². The maximum atomic E-state index is 11.9. The molecule has 0 heterocycles. The molecule has 0 saturated carbocycles. The van der Waals surface area contributed by atoms with Crippen molar-refractivity contribution < 1.29 is 9.59 Å². The van der Waals surface area contributed by atoms with Crippen LogP contribution in [0, 0.1) is 6.92 Å². The Kier molecular flexibility index (Phi) is 6.12. The average Bonchev–Trinajstić information content (AvgIpc) is 2.57. The molecule has 4 heteroatoms. The van der Waals surface area contributed by atoms with E-state index in [1.165, 1.54) is 6.08 Å². The maximum absolute atomic E-state index is 11.9. The van der Waals surface area contributed by atoms with Gasteiger partial charge in [-0.05, 0) is 30.7 Å². The Hall–Kier alpha value is -2.88. The molecule has 23 heavy (non-hydrogen) atoms. The van der Waals surface area contributed by atoms with E-state index in [9.17, 15) is 9.59 Å². The number of hydrogen-bond donors (Lipinski definition) is 2. The fourth-order valence-corrected chi connectivity index (χ4v) is 2.05. The quantitative estimate of drug-likeness (QED) is 0.636. The molecule has 118 valence electrons. The summed E-state index contributed by atoms with van der Waals surface area (Å²) in [6.07, 6.45) is 3.23. The highest BCUT2D eigenvalue weighted by Crippen LogP contribution is 2.03. The Bertz CT molecular complexity index is 694. The van der Waals surface area contributed by atoms with Crippen molar-refractivity contribution in [3.8, 4) is 0 Å². The van der Waals surface area contributed by atoms with Crippen LogP contribution < -0.4 is 10.6 Å². The van der Waals surface area contributed by atoms with Crippen molar-refractivity contribution in [1.82, 2.24) is 10.6 Å². The van der Waals surface area contributed by atoms with E-state index in [-0.39, 0.29) is 11.8 Å². The maximum Gasteiger partial charge on any atom is 0.251 e. The molecule has 0 aliphatic rings. The van der Waals surface area contributed by atoms with Gasteiger partial charge in [0.2, 0.25) is 5.91 Å². The van der Waals surface area contributed by atoms with Gasteiger partial charge >= 0.3 is 0 Å². The molecule has 2 N–H and O–H groups in total. The summed E-state index contributed by atoms with van der Waals surface area (Å²) in [6, 6.07) is 17.0. The first kappa shape index (κ1) is 16.5. The van der Waals surface area contributed by atoms with Crippen molar-refractivity contribution in [2.24, 2.45) is 0 Å². The minimum absolute atomic E-state index is 0.136. The van der Waals surface area contributed by atoms with E-state index in [2.05, 4.69) is 10.6 Å². The van der Waals surface area contributed by atoms with Crippen LogP contribution in [0.3, 0.4) is 0 Å². The van der Waals surface area contributed by atoms with Crippen molar-refractivity contribution in [2.45, 2.75) is 6.92 Å². The summed E-state index contributed by atoms with van der Waals surface area (Å²) in [5, 5.41) is 5.51. The van der Waals surface area contributed by atoms with Crippen molar-refractivity contribution in [2.75, 3.05) is 13.1 Å². The number of aryl methyl sites for hydroxylation is 1. The van der Waals surface area contributed by atoms with Gasteiger partial charge in [0.05, 0.1) is 0 Å². The molecule has 0 aliphatic heterocycles. The van der Waals surface area contributed by atoms with Gasteiger partial charge in [-0.15, -0.1) is 0 Å². The summed E-state index contributed by atoms with van der Waals surface area (Å²) in [6.45, 7) is 2.71. The average molecular weight is 308 g/mol. The monoisotopic (exact) mass is 308 g/mol. The Morgan fingerprint density at radius 3 is 2.43 bits per heavy atom. The first-order chi connectivity index (χ1) is 11.1. The number of benzene rings is 2. The lowest BCUT2D eigenvalue weighted by molar-refractivity contribution is -0.116. The number of carbonyl (C=O) groups is 2. The molecule has 0 aromatic heterocycles. The zero-order chi connectivity index (χ0) is 16.5. The van der Waals surface area contributed by atoms with E-state index in [0.29, 0.717) is 18.7 Å². The Morgan fingerprint density at radius 2 is 1.70 bits per heavy atom. The third kappa shape index (κ3) is 5.79. The lowest BCUT2D eigenvalue weighted by Crippen LogP contribution is -2.34. The van der Waals surface area contributed by atoms with Gasteiger partial charge in [-0.2, -0.15) is 0 Å². The largest absolute Gasteiger partial charge is 0.351 e. The normalized spacial score (nSPS) is 10.5. The van der Waals surface area contributed by atoms with Gasteiger partial charge in [-0.25, -0.2) is 0 Å². The molecule has 0 unspecified atom stereocenters. The minimum Gasteiger partial charge on any atom is -0.351 e. The zero-order valence-corrected chi connectivity index (χ0v) is 13.1. The Labute approximate surface area is 136 Å². The predicted octanol–water partition coefficient (Wildman–Crippen LogP) is 2.55. The van der Waals surface area contributed by atoms with E-state index in [0.717, 1.165) is 11.1 Å². The van der Waals surface area contributed by atoms with E-state index >= 15 is 0 Å². The molecule has 2 amide bonds. The Morgan fingerprint density at radius 1 is 0.957 bits per heavy atom. The second-order valence-electron chi connectivity index (χ2n) is 5.16. The number of hydrogen-bond acceptors (Lipinski definition) is 2. The standard InChI is InChI=1S/C19H20N2O2/c1-15-6-5-9-17(14-15)19(23)21-13-12-20-18(22)11-10-16-7-3-2-4-8-16/h2-11,14H,12-13H2,1H3,(H,20,22)(H,21,23)/b11-10+. The summed E-state index contributed by atoms with van der Waals surface area (Å²) in [5.74, 6) is -0.318. The lowest BCUT2D eigenvalue weighted by atomic mass is 10.1. The highest BCUT2D eigenvalue weighted by molar-refractivity contribution is 5.94. The van der Waals surface area contributed by atoms with Gasteiger partial charge in [0, 0.05) is 24.7 Å². The van der Waals surface area contributed by atoms with Crippen LogP contribution in [0.5, 0.6) is 0 Å². The molecule has 0 bridgehead atoms. The molecule has 2 aromatic rings. The van der Waals surface area contributed by atoms with Gasteiger partial charge in [0.1, 0.15) is 0 Å².